The summed E-state index contributed by atoms with van der Waals surface area (Å²) in [4.78, 5) is 10.8. The molecule has 0 amide bonds. The molecule has 1 aromatic rings. The summed E-state index contributed by atoms with van der Waals surface area (Å²) >= 11 is 0. The molecular formula is C13H18FNO2. The molecule has 1 atom stereocenters. The van der Waals surface area contributed by atoms with Crippen molar-refractivity contribution in [3.63, 3.8) is 0 Å². The maximum absolute atomic E-state index is 13.5. The maximum Gasteiger partial charge on any atom is 0.335 e. The van der Waals surface area contributed by atoms with Crippen LogP contribution in [-0.2, 0) is 6.54 Å². The third-order valence-corrected chi connectivity index (χ3v) is 2.91. The number of carboxylic acids is 1. The number of aromatic carboxylic acids is 1. The lowest BCUT2D eigenvalue weighted by molar-refractivity contribution is 0.0696. The number of rotatable bonds is 5. The van der Waals surface area contributed by atoms with Crippen LogP contribution in [0.4, 0.5) is 4.39 Å². The lowest BCUT2D eigenvalue weighted by Crippen LogP contribution is -2.30. The SMILES string of the molecule is CC(C)C(C)NCc1cc(C(=O)O)ccc1F. The van der Waals surface area contributed by atoms with Gasteiger partial charge in [0, 0.05) is 18.2 Å². The molecule has 0 spiro atoms. The monoisotopic (exact) mass is 239 g/mol. The van der Waals surface area contributed by atoms with E-state index in [-0.39, 0.29) is 17.4 Å². The highest BCUT2D eigenvalue weighted by molar-refractivity contribution is 5.87. The molecule has 3 nitrogen and oxygen atoms in total. The Kier molecular flexibility index (Phi) is 4.63. The summed E-state index contributed by atoms with van der Waals surface area (Å²) in [6, 6.07) is 4.09. The standard InChI is InChI=1S/C13H18FNO2/c1-8(2)9(3)15-7-11-6-10(13(16)17)4-5-12(11)14/h4-6,8-9,15H,7H2,1-3H3,(H,16,17). The molecule has 0 aromatic heterocycles. The normalized spacial score (nSPS) is 12.8. The van der Waals surface area contributed by atoms with E-state index in [4.69, 9.17) is 5.11 Å². The molecular weight excluding hydrogens is 221 g/mol. The number of nitrogens with one attached hydrogen (secondary N) is 1. The van der Waals surface area contributed by atoms with E-state index in [2.05, 4.69) is 19.2 Å². The summed E-state index contributed by atoms with van der Waals surface area (Å²) in [6.07, 6.45) is 0. The van der Waals surface area contributed by atoms with Gasteiger partial charge in [-0.2, -0.15) is 0 Å². The molecule has 0 saturated heterocycles. The molecule has 0 heterocycles. The van der Waals surface area contributed by atoms with Crippen molar-refractivity contribution in [1.29, 1.82) is 0 Å². The van der Waals surface area contributed by atoms with Gasteiger partial charge < -0.3 is 10.4 Å². The summed E-state index contributed by atoms with van der Waals surface area (Å²) in [5, 5.41) is 12.0. The molecule has 17 heavy (non-hydrogen) atoms. The molecule has 0 aliphatic rings. The van der Waals surface area contributed by atoms with Crippen molar-refractivity contribution in [1.82, 2.24) is 5.32 Å². The van der Waals surface area contributed by atoms with Crippen molar-refractivity contribution in [2.45, 2.75) is 33.4 Å². The minimum atomic E-state index is -1.04. The smallest absolute Gasteiger partial charge is 0.335 e. The van der Waals surface area contributed by atoms with E-state index in [1.165, 1.54) is 18.2 Å². The van der Waals surface area contributed by atoms with Gasteiger partial charge in [0.1, 0.15) is 5.82 Å². The van der Waals surface area contributed by atoms with Gasteiger partial charge in [0.25, 0.3) is 0 Å². The summed E-state index contributed by atoms with van der Waals surface area (Å²) < 4.78 is 13.5. The second kappa shape index (κ2) is 5.77. The fourth-order valence-electron chi connectivity index (χ4n) is 1.35. The van der Waals surface area contributed by atoms with Crippen LogP contribution in [0, 0.1) is 11.7 Å². The third kappa shape index (κ3) is 3.82. The van der Waals surface area contributed by atoms with Crippen molar-refractivity contribution >= 4 is 5.97 Å². The van der Waals surface area contributed by atoms with E-state index in [0.717, 1.165) is 0 Å². The lowest BCUT2D eigenvalue weighted by atomic mass is 10.1. The molecule has 0 aliphatic carbocycles. The first kappa shape index (κ1) is 13.6. The Balaban J connectivity index is 2.76. The quantitative estimate of drug-likeness (QED) is 0.830. The minimum Gasteiger partial charge on any atom is -0.478 e. The van der Waals surface area contributed by atoms with E-state index in [0.29, 0.717) is 18.0 Å². The predicted octanol–water partition coefficient (Wildman–Crippen LogP) is 2.66. The second-order valence-electron chi connectivity index (χ2n) is 4.52. The van der Waals surface area contributed by atoms with Gasteiger partial charge in [-0.15, -0.1) is 0 Å². The first-order chi connectivity index (χ1) is 7.91. The Morgan fingerprint density at radius 2 is 2.06 bits per heavy atom. The molecule has 94 valence electrons. The molecule has 1 rings (SSSR count). The van der Waals surface area contributed by atoms with E-state index >= 15 is 0 Å². The number of carboxylic acid groups (broad SMARTS) is 1. The average molecular weight is 239 g/mol. The first-order valence-electron chi connectivity index (χ1n) is 5.67. The summed E-state index contributed by atoms with van der Waals surface area (Å²) in [5.74, 6) is -0.970. The van der Waals surface area contributed by atoms with Crippen LogP contribution < -0.4 is 5.32 Å². The molecule has 1 aromatic carbocycles. The third-order valence-electron chi connectivity index (χ3n) is 2.91. The van der Waals surface area contributed by atoms with Crippen LogP contribution in [0.15, 0.2) is 18.2 Å². The van der Waals surface area contributed by atoms with Gasteiger partial charge in [-0.1, -0.05) is 13.8 Å². The molecule has 0 radical (unpaired) electrons. The first-order valence-corrected chi connectivity index (χ1v) is 5.67. The van der Waals surface area contributed by atoms with E-state index < -0.39 is 5.97 Å². The second-order valence-corrected chi connectivity index (χ2v) is 4.52. The van der Waals surface area contributed by atoms with Gasteiger partial charge in [0.05, 0.1) is 5.56 Å². The van der Waals surface area contributed by atoms with Crippen molar-refractivity contribution in [2.24, 2.45) is 5.92 Å². The van der Waals surface area contributed by atoms with Gasteiger partial charge in [0.15, 0.2) is 0 Å². The number of hydrogen-bond donors (Lipinski definition) is 2. The highest BCUT2D eigenvalue weighted by Gasteiger charge is 2.10. The van der Waals surface area contributed by atoms with E-state index in [1.54, 1.807) is 0 Å². The van der Waals surface area contributed by atoms with Gasteiger partial charge >= 0.3 is 5.97 Å². The van der Waals surface area contributed by atoms with Crippen LogP contribution in [0.5, 0.6) is 0 Å². The molecule has 0 fully saturated rings. The minimum absolute atomic E-state index is 0.111. The number of halogens is 1. The van der Waals surface area contributed by atoms with Crippen LogP contribution >= 0.6 is 0 Å². The van der Waals surface area contributed by atoms with Crippen LogP contribution in [0.3, 0.4) is 0 Å². The maximum atomic E-state index is 13.5. The molecule has 4 heteroatoms. The van der Waals surface area contributed by atoms with Gasteiger partial charge in [-0.3, -0.25) is 0 Å². The molecule has 2 N–H and O–H groups in total. The van der Waals surface area contributed by atoms with Crippen molar-refractivity contribution in [3.05, 3.63) is 35.1 Å². The number of hydrogen-bond acceptors (Lipinski definition) is 2. The molecule has 0 saturated carbocycles. The van der Waals surface area contributed by atoms with Crippen molar-refractivity contribution in [2.75, 3.05) is 0 Å². The zero-order valence-electron chi connectivity index (χ0n) is 10.3. The van der Waals surface area contributed by atoms with Crippen LogP contribution in [0.2, 0.25) is 0 Å². The molecule has 0 bridgehead atoms. The largest absolute Gasteiger partial charge is 0.478 e. The molecule has 1 unspecified atom stereocenters. The highest BCUT2D eigenvalue weighted by Crippen LogP contribution is 2.11. The fraction of sp³-hybridized carbons (Fsp3) is 0.462. The van der Waals surface area contributed by atoms with Gasteiger partial charge in [-0.25, -0.2) is 9.18 Å². The predicted molar refractivity (Wildman–Crippen MR) is 64.5 cm³/mol. The Morgan fingerprint density at radius 3 is 2.59 bits per heavy atom. The van der Waals surface area contributed by atoms with E-state index in [9.17, 15) is 9.18 Å². The van der Waals surface area contributed by atoms with Gasteiger partial charge in [-0.05, 0) is 31.0 Å². The van der Waals surface area contributed by atoms with Crippen molar-refractivity contribution in [3.8, 4) is 0 Å². The highest BCUT2D eigenvalue weighted by atomic mass is 19.1. The Morgan fingerprint density at radius 1 is 1.41 bits per heavy atom. The average Bonchev–Trinajstić information content (AvgIpc) is 2.26. The summed E-state index contributed by atoms with van der Waals surface area (Å²) in [5.41, 5.74) is 0.498. The van der Waals surface area contributed by atoms with E-state index in [1.807, 2.05) is 6.92 Å². The Labute approximate surface area is 101 Å². The summed E-state index contributed by atoms with van der Waals surface area (Å²) in [6.45, 7) is 6.50. The topological polar surface area (TPSA) is 49.3 Å². The van der Waals surface area contributed by atoms with Crippen molar-refractivity contribution < 1.29 is 14.3 Å². The van der Waals surface area contributed by atoms with Gasteiger partial charge in [0.2, 0.25) is 0 Å². The number of benzene rings is 1. The fourth-order valence-corrected chi connectivity index (χ4v) is 1.35. The number of carbonyl (C=O) groups is 1. The van der Waals surface area contributed by atoms with Crippen LogP contribution in [0.1, 0.15) is 36.7 Å². The van der Waals surface area contributed by atoms with Crippen LogP contribution in [0.25, 0.3) is 0 Å². The lowest BCUT2D eigenvalue weighted by Gasteiger charge is -2.17. The zero-order valence-corrected chi connectivity index (χ0v) is 10.3. The zero-order chi connectivity index (χ0) is 13.0. The van der Waals surface area contributed by atoms with Crippen LogP contribution in [-0.4, -0.2) is 17.1 Å². The Bertz CT molecular complexity index is 404. The molecule has 0 aliphatic heterocycles. The summed E-state index contributed by atoms with van der Waals surface area (Å²) in [7, 11) is 0. The Hall–Kier alpha value is -1.42.